The van der Waals surface area contributed by atoms with Crippen molar-refractivity contribution in [3.63, 3.8) is 0 Å². The smallest absolute Gasteiger partial charge is 0.305 e. The van der Waals surface area contributed by atoms with Crippen LogP contribution in [0.1, 0.15) is 96.8 Å². The molecule has 0 aromatic rings. The van der Waals surface area contributed by atoms with Gasteiger partial charge in [0.05, 0.1) is 7.11 Å². The van der Waals surface area contributed by atoms with Crippen LogP contribution in [0.15, 0.2) is 12.2 Å². The van der Waals surface area contributed by atoms with E-state index in [0.717, 1.165) is 12.8 Å². The van der Waals surface area contributed by atoms with E-state index in [1.54, 1.807) is 0 Å². The summed E-state index contributed by atoms with van der Waals surface area (Å²) in [6.07, 6.45) is 22.0. The van der Waals surface area contributed by atoms with Crippen molar-refractivity contribution in [2.45, 2.75) is 96.8 Å². The molecule has 0 aliphatic carbocycles. The van der Waals surface area contributed by atoms with Gasteiger partial charge in [0.15, 0.2) is 0 Å². The predicted molar refractivity (Wildman–Crippen MR) is 91.5 cm³/mol. The quantitative estimate of drug-likeness (QED) is 0.204. The van der Waals surface area contributed by atoms with Crippen LogP contribution in [0.2, 0.25) is 0 Å². The van der Waals surface area contributed by atoms with Gasteiger partial charge in [-0.05, 0) is 32.1 Å². The van der Waals surface area contributed by atoms with Gasteiger partial charge in [0, 0.05) is 6.42 Å². The maximum atomic E-state index is 10.9. The minimum absolute atomic E-state index is 0.0727. The fourth-order valence-corrected chi connectivity index (χ4v) is 2.44. The van der Waals surface area contributed by atoms with Crippen LogP contribution >= 0.6 is 0 Å². The van der Waals surface area contributed by atoms with Crippen molar-refractivity contribution >= 4 is 5.97 Å². The lowest BCUT2D eigenvalue weighted by molar-refractivity contribution is -0.140. The molecule has 0 aromatic carbocycles. The average molecular weight is 296 g/mol. The fraction of sp³-hybridized carbons (Fsp3) is 0.842. The molecule has 0 aliphatic heterocycles. The third kappa shape index (κ3) is 17.2. The highest BCUT2D eigenvalue weighted by atomic mass is 16.5. The summed E-state index contributed by atoms with van der Waals surface area (Å²) in [6, 6.07) is 0. The molecule has 0 unspecified atom stereocenters. The number of allylic oxidation sites excluding steroid dienone is 2. The molecule has 0 aromatic heterocycles. The van der Waals surface area contributed by atoms with Gasteiger partial charge in [0.25, 0.3) is 0 Å². The molecule has 124 valence electrons. The van der Waals surface area contributed by atoms with Gasteiger partial charge in [0.1, 0.15) is 0 Å². The summed E-state index contributed by atoms with van der Waals surface area (Å²) in [5, 5.41) is 0. The van der Waals surface area contributed by atoms with Crippen LogP contribution in [0.3, 0.4) is 0 Å². The SMILES string of the molecule is CCCCCC/C=C/CCCCCCCCCC(=O)OC. The standard InChI is InChI=1S/C19H36O2/c1-3-4-5-6-7-8-9-10-11-12-13-14-15-16-17-18-19(20)21-2/h8-9H,3-7,10-18H2,1-2H3/b9-8+. The van der Waals surface area contributed by atoms with Crippen molar-refractivity contribution < 1.29 is 9.53 Å². The molecular formula is C19H36O2. The minimum Gasteiger partial charge on any atom is -0.469 e. The summed E-state index contributed by atoms with van der Waals surface area (Å²) in [7, 11) is 1.46. The fourth-order valence-electron chi connectivity index (χ4n) is 2.44. The van der Waals surface area contributed by atoms with E-state index in [4.69, 9.17) is 0 Å². The minimum atomic E-state index is -0.0727. The van der Waals surface area contributed by atoms with Gasteiger partial charge in [-0.3, -0.25) is 4.79 Å². The number of esters is 1. The summed E-state index contributed by atoms with van der Waals surface area (Å²) < 4.78 is 4.62. The van der Waals surface area contributed by atoms with E-state index in [2.05, 4.69) is 23.8 Å². The topological polar surface area (TPSA) is 26.3 Å². The summed E-state index contributed by atoms with van der Waals surface area (Å²) in [4.78, 5) is 10.9. The van der Waals surface area contributed by atoms with E-state index >= 15 is 0 Å². The molecule has 0 atom stereocenters. The summed E-state index contributed by atoms with van der Waals surface area (Å²) in [5.74, 6) is -0.0727. The molecule has 0 radical (unpaired) electrons. The predicted octanol–water partition coefficient (Wildman–Crippen LogP) is 6.20. The third-order valence-corrected chi connectivity index (χ3v) is 3.87. The highest BCUT2D eigenvalue weighted by molar-refractivity contribution is 5.68. The molecule has 0 amide bonds. The van der Waals surface area contributed by atoms with Crippen molar-refractivity contribution in [1.82, 2.24) is 0 Å². The van der Waals surface area contributed by atoms with Crippen molar-refractivity contribution in [2.24, 2.45) is 0 Å². The number of hydrogen-bond acceptors (Lipinski definition) is 2. The lowest BCUT2D eigenvalue weighted by Crippen LogP contribution is -1.99. The highest BCUT2D eigenvalue weighted by Gasteiger charge is 1.98. The highest BCUT2D eigenvalue weighted by Crippen LogP contribution is 2.10. The molecule has 0 fully saturated rings. The second kappa shape index (κ2) is 17.3. The molecule has 0 spiro atoms. The number of ether oxygens (including phenoxy) is 1. The Morgan fingerprint density at radius 1 is 0.762 bits per heavy atom. The molecule has 2 heteroatoms. The Labute approximate surface area is 132 Å². The third-order valence-electron chi connectivity index (χ3n) is 3.87. The maximum absolute atomic E-state index is 10.9. The lowest BCUT2D eigenvalue weighted by atomic mass is 10.1. The van der Waals surface area contributed by atoms with E-state index in [0.29, 0.717) is 6.42 Å². The molecule has 0 N–H and O–H groups in total. The first-order valence-corrected chi connectivity index (χ1v) is 9.03. The van der Waals surface area contributed by atoms with Gasteiger partial charge < -0.3 is 4.74 Å². The Balaban J connectivity index is 3.08. The van der Waals surface area contributed by atoms with E-state index < -0.39 is 0 Å². The van der Waals surface area contributed by atoms with Crippen LogP contribution in [-0.4, -0.2) is 13.1 Å². The Morgan fingerprint density at radius 3 is 1.76 bits per heavy atom. The molecule has 2 nitrogen and oxygen atoms in total. The zero-order chi connectivity index (χ0) is 15.6. The normalized spacial score (nSPS) is 11.1. The monoisotopic (exact) mass is 296 g/mol. The maximum Gasteiger partial charge on any atom is 0.305 e. The molecule has 0 saturated carbocycles. The lowest BCUT2D eigenvalue weighted by Gasteiger charge is -2.01. The van der Waals surface area contributed by atoms with Gasteiger partial charge in [-0.2, -0.15) is 0 Å². The van der Waals surface area contributed by atoms with Crippen LogP contribution in [0.4, 0.5) is 0 Å². The van der Waals surface area contributed by atoms with Crippen LogP contribution in [0.25, 0.3) is 0 Å². The number of carbonyl (C=O) groups is 1. The zero-order valence-electron chi connectivity index (χ0n) is 14.4. The molecule has 0 heterocycles. The molecule has 21 heavy (non-hydrogen) atoms. The number of rotatable bonds is 15. The van der Waals surface area contributed by atoms with Crippen molar-refractivity contribution in [1.29, 1.82) is 0 Å². The van der Waals surface area contributed by atoms with Gasteiger partial charge in [-0.25, -0.2) is 0 Å². The van der Waals surface area contributed by atoms with Crippen molar-refractivity contribution in [3.05, 3.63) is 12.2 Å². The van der Waals surface area contributed by atoms with Crippen LogP contribution in [0.5, 0.6) is 0 Å². The largest absolute Gasteiger partial charge is 0.469 e. The van der Waals surface area contributed by atoms with Crippen molar-refractivity contribution in [2.75, 3.05) is 7.11 Å². The number of hydrogen-bond donors (Lipinski definition) is 0. The van der Waals surface area contributed by atoms with E-state index in [9.17, 15) is 4.79 Å². The van der Waals surface area contributed by atoms with Gasteiger partial charge >= 0.3 is 5.97 Å². The molecular weight excluding hydrogens is 260 g/mol. The van der Waals surface area contributed by atoms with Gasteiger partial charge in [-0.1, -0.05) is 70.4 Å². The van der Waals surface area contributed by atoms with Gasteiger partial charge in [0.2, 0.25) is 0 Å². The molecule has 0 saturated heterocycles. The average Bonchev–Trinajstić information content (AvgIpc) is 2.50. The first-order chi connectivity index (χ1) is 10.3. The molecule has 0 aliphatic rings. The Kier molecular flexibility index (Phi) is 16.6. The Bertz CT molecular complexity index is 246. The van der Waals surface area contributed by atoms with Crippen LogP contribution < -0.4 is 0 Å². The summed E-state index contributed by atoms with van der Waals surface area (Å²) in [5.41, 5.74) is 0. The number of methoxy groups -OCH3 is 1. The molecule has 0 rings (SSSR count). The Morgan fingerprint density at radius 2 is 1.24 bits per heavy atom. The second-order valence-corrected chi connectivity index (χ2v) is 5.91. The zero-order valence-corrected chi connectivity index (χ0v) is 14.4. The van der Waals surface area contributed by atoms with Crippen molar-refractivity contribution in [3.8, 4) is 0 Å². The van der Waals surface area contributed by atoms with E-state index in [-0.39, 0.29) is 5.97 Å². The number of carbonyl (C=O) groups excluding carboxylic acids is 1. The van der Waals surface area contributed by atoms with Crippen LogP contribution in [0, 0.1) is 0 Å². The Hall–Kier alpha value is -0.790. The summed E-state index contributed by atoms with van der Waals surface area (Å²) in [6.45, 7) is 2.26. The van der Waals surface area contributed by atoms with Crippen LogP contribution in [-0.2, 0) is 9.53 Å². The first-order valence-electron chi connectivity index (χ1n) is 9.03. The molecule has 0 bridgehead atoms. The van der Waals surface area contributed by atoms with E-state index in [1.165, 1.54) is 77.7 Å². The summed E-state index contributed by atoms with van der Waals surface area (Å²) >= 11 is 0. The van der Waals surface area contributed by atoms with E-state index in [1.807, 2.05) is 0 Å². The first kappa shape index (κ1) is 20.2. The second-order valence-electron chi connectivity index (χ2n) is 5.91. The van der Waals surface area contributed by atoms with Gasteiger partial charge in [-0.15, -0.1) is 0 Å². The number of unbranched alkanes of at least 4 members (excludes halogenated alkanes) is 11.